The van der Waals surface area contributed by atoms with E-state index in [2.05, 4.69) is 16.4 Å². The number of aliphatic hydroxyl groups is 1. The molecule has 0 spiro atoms. The van der Waals surface area contributed by atoms with E-state index >= 15 is 0 Å². The molecule has 0 unspecified atom stereocenters. The van der Waals surface area contributed by atoms with Crippen LogP contribution in [0.25, 0.3) is 28.0 Å². The Morgan fingerprint density at radius 2 is 2.03 bits per heavy atom. The third kappa shape index (κ3) is 4.36. The number of rotatable bonds is 6. The van der Waals surface area contributed by atoms with Crippen LogP contribution >= 0.6 is 11.6 Å². The lowest BCUT2D eigenvalue weighted by Gasteiger charge is -2.13. The van der Waals surface area contributed by atoms with Gasteiger partial charge >= 0.3 is 0 Å². The van der Waals surface area contributed by atoms with Crippen molar-refractivity contribution < 1.29 is 5.11 Å². The number of fused-ring (bicyclic) bond motifs is 1. The first kappa shape index (κ1) is 20.8. The van der Waals surface area contributed by atoms with E-state index < -0.39 is 0 Å². The minimum Gasteiger partial charge on any atom is -0.396 e. The number of pyridine rings is 1. The molecule has 0 saturated carbocycles. The number of nitriles is 1. The van der Waals surface area contributed by atoms with Gasteiger partial charge < -0.3 is 10.4 Å². The molecule has 4 aromatic rings. The summed E-state index contributed by atoms with van der Waals surface area (Å²) in [5.74, 6) is 0.684. The van der Waals surface area contributed by atoms with Gasteiger partial charge in [0, 0.05) is 30.1 Å². The van der Waals surface area contributed by atoms with Crippen LogP contribution in [0.4, 0.5) is 5.82 Å². The van der Waals surface area contributed by atoms with Crippen LogP contribution in [0.2, 0.25) is 5.15 Å². The summed E-state index contributed by atoms with van der Waals surface area (Å²) in [6, 6.07) is 15.1. The van der Waals surface area contributed by atoms with Crippen LogP contribution in [0.15, 0.2) is 48.7 Å². The number of nitrogens with one attached hydrogen (secondary N) is 1. The summed E-state index contributed by atoms with van der Waals surface area (Å²) in [6.07, 6.45) is 2.46. The van der Waals surface area contributed by atoms with Crippen molar-refractivity contribution >= 4 is 23.1 Å². The zero-order chi connectivity index (χ0) is 22.0. The summed E-state index contributed by atoms with van der Waals surface area (Å²) >= 11 is 6.26. The highest BCUT2D eigenvalue weighted by molar-refractivity contribution is 6.29. The normalized spacial score (nSPS) is 12.0. The molecule has 3 aromatic heterocycles. The molecule has 0 bridgehead atoms. The van der Waals surface area contributed by atoms with Crippen molar-refractivity contribution in [3.63, 3.8) is 0 Å². The van der Waals surface area contributed by atoms with Crippen LogP contribution in [0.3, 0.4) is 0 Å². The lowest BCUT2D eigenvalue weighted by Crippen LogP contribution is -2.17. The highest BCUT2D eigenvalue weighted by Gasteiger charge is 2.20. The van der Waals surface area contributed by atoms with Gasteiger partial charge in [0.05, 0.1) is 17.2 Å². The number of nitrogens with zero attached hydrogens (tertiary/aromatic N) is 5. The minimum absolute atomic E-state index is 0.0655. The molecule has 7 nitrogen and oxygen atoms in total. The molecule has 1 atom stereocenters. The summed E-state index contributed by atoms with van der Waals surface area (Å²) in [4.78, 5) is 9.07. The van der Waals surface area contributed by atoms with E-state index in [9.17, 15) is 10.4 Å². The average molecular weight is 433 g/mol. The van der Waals surface area contributed by atoms with Gasteiger partial charge in [-0.25, -0.2) is 14.5 Å². The fourth-order valence-corrected chi connectivity index (χ4v) is 3.76. The Kier molecular flexibility index (Phi) is 5.85. The zero-order valence-electron chi connectivity index (χ0n) is 17.2. The molecule has 0 radical (unpaired) electrons. The third-order valence-corrected chi connectivity index (χ3v) is 5.11. The first-order valence-corrected chi connectivity index (χ1v) is 10.3. The molecular formula is C23H21ClN6O. The van der Waals surface area contributed by atoms with E-state index in [4.69, 9.17) is 21.7 Å². The van der Waals surface area contributed by atoms with E-state index in [-0.39, 0.29) is 12.6 Å². The predicted molar refractivity (Wildman–Crippen MR) is 121 cm³/mol. The van der Waals surface area contributed by atoms with E-state index in [0.717, 1.165) is 22.4 Å². The van der Waals surface area contributed by atoms with E-state index in [0.29, 0.717) is 34.3 Å². The molecule has 4 rings (SSSR count). The quantitative estimate of drug-likeness (QED) is 0.436. The molecular weight excluding hydrogens is 412 g/mol. The second kappa shape index (κ2) is 8.72. The topological polar surface area (TPSA) is 99.1 Å². The van der Waals surface area contributed by atoms with Gasteiger partial charge in [0.2, 0.25) is 0 Å². The van der Waals surface area contributed by atoms with Crippen LogP contribution in [0, 0.1) is 18.3 Å². The molecule has 1 aromatic carbocycles. The summed E-state index contributed by atoms with van der Waals surface area (Å²) in [5, 5.41) is 27.0. The number of hydrogen-bond acceptors (Lipinski definition) is 6. The Labute approximate surface area is 185 Å². The van der Waals surface area contributed by atoms with Gasteiger partial charge in [-0.3, -0.25) is 0 Å². The highest BCUT2D eigenvalue weighted by Crippen LogP contribution is 2.36. The molecule has 31 heavy (non-hydrogen) atoms. The molecule has 0 saturated heterocycles. The van der Waals surface area contributed by atoms with Crippen LogP contribution in [0.5, 0.6) is 0 Å². The van der Waals surface area contributed by atoms with Gasteiger partial charge in [-0.1, -0.05) is 23.7 Å². The minimum atomic E-state index is 0.0655. The van der Waals surface area contributed by atoms with E-state index in [1.807, 2.05) is 50.4 Å². The van der Waals surface area contributed by atoms with Gasteiger partial charge in [0.1, 0.15) is 16.7 Å². The van der Waals surface area contributed by atoms with Gasteiger partial charge in [-0.05, 0) is 56.2 Å². The Hall–Kier alpha value is -3.47. The van der Waals surface area contributed by atoms with Crippen LogP contribution in [-0.2, 0) is 0 Å². The summed E-state index contributed by atoms with van der Waals surface area (Å²) < 4.78 is 1.72. The lowest BCUT2D eigenvalue weighted by atomic mass is 10.00. The van der Waals surface area contributed by atoms with Crippen molar-refractivity contribution in [1.29, 1.82) is 5.26 Å². The van der Waals surface area contributed by atoms with Crippen molar-refractivity contribution in [3.8, 4) is 28.5 Å². The maximum Gasteiger partial charge on any atom is 0.165 e. The Morgan fingerprint density at radius 3 is 2.77 bits per heavy atom. The first-order chi connectivity index (χ1) is 15.0. The Balaban J connectivity index is 1.95. The number of aliphatic hydroxyl groups excluding tert-OH is 1. The fourth-order valence-electron chi connectivity index (χ4n) is 3.50. The van der Waals surface area contributed by atoms with Crippen molar-refractivity contribution in [1.82, 2.24) is 19.6 Å². The van der Waals surface area contributed by atoms with Crippen molar-refractivity contribution in [2.75, 3.05) is 11.9 Å². The van der Waals surface area contributed by atoms with Crippen molar-refractivity contribution in [2.45, 2.75) is 26.3 Å². The largest absolute Gasteiger partial charge is 0.396 e. The lowest BCUT2D eigenvalue weighted by molar-refractivity contribution is 0.282. The maximum absolute atomic E-state index is 9.33. The summed E-state index contributed by atoms with van der Waals surface area (Å²) in [5.41, 5.74) is 5.15. The second-order valence-electron chi connectivity index (χ2n) is 7.37. The summed E-state index contributed by atoms with van der Waals surface area (Å²) in [6.45, 7) is 3.97. The van der Waals surface area contributed by atoms with Gasteiger partial charge in [-0.2, -0.15) is 10.4 Å². The average Bonchev–Trinajstić information content (AvgIpc) is 3.12. The SMILES string of the molecule is Cc1cc(-c2c(-c3cccc(C#N)c3)nn3ccc(N[C@H](C)CCO)nc23)cc(Cl)n1. The second-order valence-corrected chi connectivity index (χ2v) is 7.76. The summed E-state index contributed by atoms with van der Waals surface area (Å²) in [7, 11) is 0. The first-order valence-electron chi connectivity index (χ1n) is 9.90. The number of halogens is 1. The van der Waals surface area contributed by atoms with Crippen molar-refractivity contribution in [2.24, 2.45) is 0 Å². The maximum atomic E-state index is 9.33. The molecule has 0 aliphatic heterocycles. The number of benzene rings is 1. The monoisotopic (exact) mass is 432 g/mol. The molecule has 3 heterocycles. The van der Waals surface area contributed by atoms with Gasteiger partial charge in [0.25, 0.3) is 0 Å². The van der Waals surface area contributed by atoms with Crippen LogP contribution in [-0.4, -0.2) is 37.3 Å². The molecule has 0 amide bonds. The van der Waals surface area contributed by atoms with Gasteiger partial charge in [-0.15, -0.1) is 0 Å². The van der Waals surface area contributed by atoms with E-state index in [1.165, 1.54) is 0 Å². The molecule has 2 N–H and O–H groups in total. The molecule has 156 valence electrons. The number of anilines is 1. The number of aryl methyl sites for hydroxylation is 1. The van der Waals surface area contributed by atoms with Crippen LogP contribution in [0.1, 0.15) is 24.6 Å². The Morgan fingerprint density at radius 1 is 1.19 bits per heavy atom. The van der Waals surface area contributed by atoms with E-state index in [1.54, 1.807) is 16.6 Å². The third-order valence-electron chi connectivity index (χ3n) is 4.92. The number of hydrogen-bond donors (Lipinski definition) is 2. The fraction of sp³-hybridized carbons (Fsp3) is 0.217. The smallest absolute Gasteiger partial charge is 0.165 e. The zero-order valence-corrected chi connectivity index (χ0v) is 17.9. The molecule has 0 fully saturated rings. The van der Waals surface area contributed by atoms with Crippen molar-refractivity contribution in [3.05, 3.63) is 65.1 Å². The predicted octanol–water partition coefficient (Wildman–Crippen LogP) is 4.47. The van der Waals surface area contributed by atoms with Crippen LogP contribution < -0.4 is 5.32 Å². The standard InChI is InChI=1S/C23H21ClN6O/c1-14(7-9-31)27-20-6-8-30-23(28-20)21(18-10-15(2)26-19(24)12-18)22(29-30)17-5-3-4-16(11-17)13-25/h3-6,8,10-12,14,31H,7,9H2,1-2H3,(H,27,28)/t14-/m1/s1. The highest BCUT2D eigenvalue weighted by atomic mass is 35.5. The molecule has 0 aliphatic carbocycles. The number of aromatic nitrogens is 4. The molecule has 0 aliphatic rings. The van der Waals surface area contributed by atoms with Gasteiger partial charge in [0.15, 0.2) is 5.65 Å². The Bertz CT molecular complexity index is 1270. The molecule has 8 heteroatoms.